The van der Waals surface area contributed by atoms with E-state index in [9.17, 15) is 64.8 Å². The molecule has 122 heavy (non-hydrogen) atoms. The molecule has 3 atom stereocenters. The van der Waals surface area contributed by atoms with E-state index in [0.717, 1.165) is 29.8 Å². The van der Waals surface area contributed by atoms with Gasteiger partial charge >= 0.3 is 17.9 Å². The van der Waals surface area contributed by atoms with Crippen molar-refractivity contribution in [2.45, 2.75) is 51.0 Å². The van der Waals surface area contributed by atoms with Crippen molar-refractivity contribution in [3.8, 4) is 149 Å². The number of ether oxygens (including phenoxy) is 7. The maximum absolute atomic E-state index is 11.3. The fraction of sp³-hybridized carbons (Fsp3) is 0.183. The molecule has 1 aliphatic rings. The van der Waals surface area contributed by atoms with Gasteiger partial charge in [0, 0.05) is 36.2 Å². The van der Waals surface area contributed by atoms with Crippen LogP contribution in [0, 0.1) is 0 Å². The summed E-state index contributed by atoms with van der Waals surface area (Å²) in [5, 5.41) is 238. The van der Waals surface area contributed by atoms with Crippen molar-refractivity contribution in [3.05, 3.63) is 208 Å². The zero-order valence-electron chi connectivity index (χ0n) is 65.0. The number of aromatic carboxylic acids is 2. The highest BCUT2D eigenvalue weighted by Gasteiger charge is 2.33. The number of methoxy groups -OCH3 is 4. The van der Waals surface area contributed by atoms with Gasteiger partial charge in [0.15, 0.2) is 126 Å². The number of phenolic OH excluding ortho intramolecular Hbond substituents is 20. The Morgan fingerprint density at radius 1 is 0.475 bits per heavy atom. The van der Waals surface area contributed by atoms with E-state index in [1.165, 1.54) is 111 Å². The molecule has 0 fully saturated rings. The number of carboxylic acid groups (broad SMARTS) is 2. The van der Waals surface area contributed by atoms with Gasteiger partial charge in [-0.25, -0.2) is 14.4 Å². The zero-order chi connectivity index (χ0) is 91.8. The number of benzene rings is 10. The lowest BCUT2D eigenvalue weighted by atomic mass is 9.94. The number of aliphatic hydroxyl groups is 3. The predicted octanol–water partition coefficient (Wildman–Crippen LogP) is 7.65. The fourth-order valence-electron chi connectivity index (χ4n) is 9.37. The fourth-order valence-corrected chi connectivity index (χ4v) is 9.37. The largest absolute Gasteiger partial charge is 0.508 e. The highest BCUT2D eigenvalue weighted by Crippen LogP contribution is 2.44. The second-order valence-corrected chi connectivity index (χ2v) is 24.2. The Kier molecular flexibility index (Phi) is 40.8. The number of para-hydroxylation sites is 4. The zero-order valence-corrected chi connectivity index (χ0v) is 65.0. The van der Waals surface area contributed by atoms with Crippen molar-refractivity contribution in [3.63, 3.8) is 0 Å². The molecule has 10 aromatic carbocycles. The Morgan fingerprint density at radius 3 is 1.45 bits per heavy atom. The molecule has 0 aromatic heterocycles. The first-order valence-corrected chi connectivity index (χ1v) is 34.8. The summed E-state index contributed by atoms with van der Waals surface area (Å²) in [6.45, 7) is 1.77. The molecule has 1 unspecified atom stereocenters. The van der Waals surface area contributed by atoms with Crippen LogP contribution < -0.4 is 34.7 Å². The molecule has 11 rings (SSSR count). The summed E-state index contributed by atoms with van der Waals surface area (Å²) in [6, 6.07) is 34.6. The van der Waals surface area contributed by atoms with Gasteiger partial charge in [0.05, 0.1) is 77.3 Å². The molecular weight excluding hydrogens is 1620 g/mol. The number of nitrogens with two attached hydrogens (primary N) is 1. The Balaban J connectivity index is 0.000000359. The van der Waals surface area contributed by atoms with Gasteiger partial charge in [0.25, 0.3) is 6.47 Å². The third-order valence-electron chi connectivity index (χ3n) is 15.7. The first-order valence-electron chi connectivity index (χ1n) is 34.8. The summed E-state index contributed by atoms with van der Waals surface area (Å²) in [4.78, 5) is 53.4. The Morgan fingerprint density at radius 2 is 0.967 bits per heavy atom. The number of rotatable bonds is 19. The van der Waals surface area contributed by atoms with Crippen LogP contribution in [0.4, 0.5) is 0 Å². The minimum Gasteiger partial charge on any atom is -0.508 e. The number of amides is 1. The number of esters is 1. The number of carbonyl (C=O) groups is 5. The van der Waals surface area contributed by atoms with Crippen molar-refractivity contribution in [2.75, 3.05) is 48.2 Å². The number of carbonyl (C=O) groups excluding carboxylic acids is 3. The van der Waals surface area contributed by atoms with Crippen molar-refractivity contribution in [1.82, 2.24) is 5.32 Å². The van der Waals surface area contributed by atoms with Crippen molar-refractivity contribution < 1.29 is 190 Å². The number of hydrogen-bond acceptors (Lipinski definition) is 37. The number of nitrogens with one attached hydrogen (secondary N) is 1. The third kappa shape index (κ3) is 30.8. The topological polar surface area (TPSA) is 714 Å². The van der Waals surface area contributed by atoms with Gasteiger partial charge in [-0.2, -0.15) is 0 Å². The molecule has 0 saturated carbocycles. The van der Waals surface area contributed by atoms with Gasteiger partial charge in [0.2, 0.25) is 11.7 Å². The molecule has 1 amide bonds. The molecule has 0 spiro atoms. The summed E-state index contributed by atoms with van der Waals surface area (Å²) < 4.78 is 34.5. The van der Waals surface area contributed by atoms with E-state index in [4.69, 9.17) is 126 Å². The molecule has 0 saturated heterocycles. The van der Waals surface area contributed by atoms with Crippen LogP contribution in [0.25, 0.3) is 6.08 Å². The molecule has 0 radical (unpaired) electrons. The Labute approximate surface area is 691 Å². The van der Waals surface area contributed by atoms with Crippen molar-refractivity contribution in [2.24, 2.45) is 5.73 Å². The van der Waals surface area contributed by atoms with Gasteiger partial charge in [-0.15, -0.1) is 0 Å². The van der Waals surface area contributed by atoms with E-state index >= 15 is 0 Å². The van der Waals surface area contributed by atoms with E-state index in [-0.39, 0.29) is 129 Å². The number of phenols is 21. The number of fused-ring (bicyclic) bond motifs is 1. The standard InChI is InChI=1S/C15H14O6.C11H16N2O5.C11H12O4.C10H12O5.C9H10O5.C7H6O5.C7H8O3.C6H6O3.C6H6O2/c16-8-4-11(18)9-6-13(20)15(21-14(9)5-8)7-1-2-10(17)12(19)3-7;12-7(5-14)11(18)13-4-3-6-1-2-8(15)10(17)9(6)16;1-13-10-4-3-9(5-6-15-8-12)7-11(10)14-2;1-2-3-15-10(14)6-4-7(11)9(13)8(12)5-6;1-14-7-3-5(9(12)13)2-6(4-10)8(7)11;8-4-1-3(7(11)12)2-5(9)6(4)10;1-10-6-4-2-3-5(8)7(6)9;7-4-2-1-3-5(8)6(4)9;7-5-3-1-2-4-6(5)8/h1-5,13,15-20H,6H2;1-2,7,14-17H,3-5,12H2,(H,13,18);3-8H,1-2H3;4-5,11-13H,2-3H2,1H3;2-3,10-11H,4H2,1H3,(H,12,13);1-2,8-10H,(H,11,12);2-4,8-9H,1H3;1-3,7-9H;1-4,7-8H/b;;6-5+;;;;;;/t13-,15-;;;;;;;;/m1......../s1. The highest BCUT2D eigenvalue weighted by atomic mass is 16.5. The lowest BCUT2D eigenvalue weighted by Gasteiger charge is -2.31. The minimum absolute atomic E-state index is 0.00347. The average molecular weight is 1710 g/mol. The summed E-state index contributed by atoms with van der Waals surface area (Å²) in [6.07, 6.45) is 2.33. The number of carboxylic acids is 2. The van der Waals surface area contributed by atoms with E-state index in [1.807, 2.05) is 13.0 Å². The van der Waals surface area contributed by atoms with Crippen LogP contribution in [0.5, 0.6) is 149 Å². The maximum Gasteiger partial charge on any atom is 0.338 e. The molecule has 1 aliphatic heterocycles. The average Bonchev–Trinajstić information content (AvgIpc) is 0.780. The second-order valence-electron chi connectivity index (χ2n) is 24.2. The monoisotopic (exact) mass is 1710 g/mol. The van der Waals surface area contributed by atoms with E-state index < -0.39 is 113 Å². The van der Waals surface area contributed by atoms with Crippen LogP contribution in [0.15, 0.2) is 164 Å². The maximum atomic E-state index is 11.3. The van der Waals surface area contributed by atoms with Crippen LogP contribution in [0.2, 0.25) is 0 Å². The summed E-state index contributed by atoms with van der Waals surface area (Å²) in [5.41, 5.74) is 7.21. The number of aromatic hydroxyl groups is 21. The van der Waals surface area contributed by atoms with E-state index in [2.05, 4.69) is 10.1 Å². The quantitative estimate of drug-likeness (QED) is 0.0160. The molecule has 40 heteroatoms. The van der Waals surface area contributed by atoms with Crippen LogP contribution in [0.3, 0.4) is 0 Å². The normalized spacial score (nSPS) is 11.9. The molecule has 40 nitrogen and oxygen atoms in total. The molecular formula is C82H90N2O38. The Bertz CT molecular complexity index is 5040. The molecule has 0 aliphatic carbocycles. The van der Waals surface area contributed by atoms with Crippen LogP contribution in [-0.4, -0.2) is 223 Å². The van der Waals surface area contributed by atoms with Crippen molar-refractivity contribution in [1.29, 1.82) is 0 Å². The van der Waals surface area contributed by atoms with Gasteiger partial charge in [-0.05, 0) is 139 Å². The van der Waals surface area contributed by atoms with Crippen molar-refractivity contribution >= 4 is 36.4 Å². The van der Waals surface area contributed by atoms with Crippen LogP contribution in [-0.2, 0) is 38.5 Å². The molecule has 10 aromatic rings. The molecule has 29 N–H and O–H groups in total. The SMILES string of the molecule is CCCOC(=O)c1cc(O)c(O)c(O)c1.COc1cc(C(=O)O)cc(CO)c1O.COc1ccc(/C=C/OC=O)cc1OC.COc1cccc(O)c1O.NC(CO)C(=O)NCCc1ccc(O)c(O)c1O.O=C(O)c1cc(O)c(O)c(O)c1.Oc1cc(O)c2c(c1)O[C@H](c1ccc(O)c(O)c1)[C@H](O)C2.Oc1cccc(O)c1O.Oc1ccccc1O. The van der Waals surface area contributed by atoms with Gasteiger partial charge < -0.3 is 177 Å². The number of aliphatic hydroxyl groups excluding tert-OH is 3. The molecule has 656 valence electrons. The van der Waals surface area contributed by atoms with E-state index in [1.54, 1.807) is 56.7 Å². The second kappa shape index (κ2) is 49.8. The third-order valence-corrected chi connectivity index (χ3v) is 15.7. The first-order chi connectivity index (χ1) is 57.7. The van der Waals surface area contributed by atoms with Crippen LogP contribution >= 0.6 is 0 Å². The van der Waals surface area contributed by atoms with Gasteiger partial charge in [-0.3, -0.25) is 9.59 Å². The van der Waals surface area contributed by atoms with Gasteiger partial charge in [-0.1, -0.05) is 49.4 Å². The lowest BCUT2D eigenvalue weighted by Crippen LogP contribution is -2.43. The summed E-state index contributed by atoms with van der Waals surface area (Å²) >= 11 is 0. The van der Waals surface area contributed by atoms with E-state index in [0.29, 0.717) is 41.1 Å². The summed E-state index contributed by atoms with van der Waals surface area (Å²) in [5.74, 6) is -9.67. The predicted molar refractivity (Wildman–Crippen MR) is 427 cm³/mol. The summed E-state index contributed by atoms with van der Waals surface area (Å²) in [7, 11) is 5.87. The number of hydrogen-bond donors (Lipinski definition) is 28. The lowest BCUT2D eigenvalue weighted by molar-refractivity contribution is -0.124. The molecule has 1 heterocycles. The van der Waals surface area contributed by atoms with Crippen LogP contribution in [0.1, 0.15) is 78.3 Å². The minimum atomic E-state index is -1.29. The Hall–Kier alpha value is -16.1. The highest BCUT2D eigenvalue weighted by molar-refractivity contribution is 5.91. The van der Waals surface area contributed by atoms with Gasteiger partial charge in [0.1, 0.15) is 29.4 Å². The first kappa shape index (κ1) is 100. The smallest absolute Gasteiger partial charge is 0.338 e. The molecule has 0 bridgehead atoms.